The van der Waals surface area contributed by atoms with E-state index in [1.807, 2.05) is 6.92 Å². The van der Waals surface area contributed by atoms with E-state index in [1.54, 1.807) is 36.1 Å². The number of hydrogen-bond donors (Lipinski definition) is 2. The molecule has 0 bridgehead atoms. The fraction of sp³-hybridized carbons (Fsp3) is 0.571. The lowest BCUT2D eigenvalue weighted by Crippen LogP contribution is -2.51. The number of piperidine rings is 1. The summed E-state index contributed by atoms with van der Waals surface area (Å²) in [6, 6.07) is 7.06. The number of nitrogens with one attached hydrogen (secondary N) is 1. The molecule has 1 aliphatic rings. The molecule has 154 valence electrons. The van der Waals surface area contributed by atoms with Gasteiger partial charge in [-0.2, -0.15) is 0 Å². The molecule has 28 heavy (non-hydrogen) atoms. The van der Waals surface area contributed by atoms with Gasteiger partial charge < -0.3 is 20.1 Å². The molecular formula is C21H30N2O5. The molecule has 0 aromatic heterocycles. The first-order valence-electron chi connectivity index (χ1n) is 9.75. The maximum absolute atomic E-state index is 13.0. The van der Waals surface area contributed by atoms with Gasteiger partial charge >= 0.3 is 5.97 Å². The van der Waals surface area contributed by atoms with Gasteiger partial charge in [0.05, 0.1) is 25.0 Å². The van der Waals surface area contributed by atoms with Crippen molar-refractivity contribution in [1.29, 1.82) is 0 Å². The van der Waals surface area contributed by atoms with Crippen LogP contribution in [0.25, 0.3) is 0 Å². The molecule has 2 rings (SSSR count). The quantitative estimate of drug-likeness (QED) is 0.711. The zero-order chi connectivity index (χ0) is 20.7. The second-order valence-electron chi connectivity index (χ2n) is 7.55. The second-order valence-corrected chi connectivity index (χ2v) is 7.55. The third kappa shape index (κ3) is 5.47. The highest BCUT2D eigenvalue weighted by Crippen LogP contribution is 2.29. The molecule has 0 saturated carbocycles. The van der Waals surface area contributed by atoms with Crippen molar-refractivity contribution in [2.24, 2.45) is 5.92 Å². The van der Waals surface area contributed by atoms with E-state index in [1.165, 1.54) is 7.11 Å². The minimum atomic E-state index is -1.08. The Morgan fingerprint density at radius 1 is 1.36 bits per heavy atom. The van der Waals surface area contributed by atoms with E-state index in [4.69, 9.17) is 4.74 Å². The van der Waals surface area contributed by atoms with Crippen molar-refractivity contribution in [2.45, 2.75) is 51.5 Å². The third-order valence-corrected chi connectivity index (χ3v) is 5.22. The maximum atomic E-state index is 13.0. The number of rotatable bonds is 8. The molecule has 7 nitrogen and oxygen atoms in total. The minimum absolute atomic E-state index is 0.0705. The highest BCUT2D eigenvalue weighted by Gasteiger charge is 2.36. The normalized spacial score (nSPS) is 18.8. The molecule has 1 aromatic rings. The Morgan fingerprint density at radius 3 is 2.75 bits per heavy atom. The summed E-state index contributed by atoms with van der Waals surface area (Å²) in [5, 5.41) is 12.3. The molecule has 1 heterocycles. The second kappa shape index (κ2) is 9.57. The van der Waals surface area contributed by atoms with Gasteiger partial charge in [0, 0.05) is 19.5 Å². The first-order chi connectivity index (χ1) is 13.3. The SMILES string of the molecule is CCCC(=O)N1CCCC(C(=O)NC(C)(CC(=O)O)c2cccc(OC)c2)C1. The molecule has 7 heteroatoms. The smallest absolute Gasteiger partial charge is 0.306 e. The zero-order valence-corrected chi connectivity index (χ0v) is 16.9. The van der Waals surface area contributed by atoms with Crippen LogP contribution in [0.4, 0.5) is 0 Å². The first kappa shape index (κ1) is 21.7. The van der Waals surface area contributed by atoms with Crippen LogP contribution in [0.5, 0.6) is 5.75 Å². The number of carbonyl (C=O) groups excluding carboxylic acids is 2. The molecule has 0 radical (unpaired) electrons. The summed E-state index contributed by atoms with van der Waals surface area (Å²) in [5.74, 6) is -0.902. The van der Waals surface area contributed by atoms with Gasteiger partial charge in [0.1, 0.15) is 5.75 Å². The summed E-state index contributed by atoms with van der Waals surface area (Å²) in [6.45, 7) is 4.71. The summed E-state index contributed by atoms with van der Waals surface area (Å²) in [5.41, 5.74) is -0.412. The van der Waals surface area contributed by atoms with Crippen molar-refractivity contribution in [3.8, 4) is 5.75 Å². The van der Waals surface area contributed by atoms with Crippen LogP contribution in [0.15, 0.2) is 24.3 Å². The molecule has 2 atom stereocenters. The van der Waals surface area contributed by atoms with Gasteiger partial charge in [0.25, 0.3) is 0 Å². The number of carboxylic acids is 1. The van der Waals surface area contributed by atoms with E-state index in [-0.39, 0.29) is 24.2 Å². The standard InChI is InChI=1S/C21H30N2O5/c1-4-7-18(24)23-11-6-8-15(14-23)20(27)22-21(2,13-19(25)26)16-9-5-10-17(12-16)28-3/h5,9-10,12,15H,4,6-8,11,13-14H2,1-3H3,(H,22,27)(H,25,26). The molecule has 2 N–H and O–H groups in total. The average molecular weight is 390 g/mol. The molecule has 1 fully saturated rings. The number of hydrogen-bond acceptors (Lipinski definition) is 4. The monoisotopic (exact) mass is 390 g/mol. The summed E-state index contributed by atoms with van der Waals surface area (Å²) in [7, 11) is 1.54. The highest BCUT2D eigenvalue weighted by molar-refractivity contribution is 5.83. The summed E-state index contributed by atoms with van der Waals surface area (Å²) in [6.07, 6.45) is 2.45. The van der Waals surface area contributed by atoms with E-state index in [9.17, 15) is 19.5 Å². The summed E-state index contributed by atoms with van der Waals surface area (Å²) in [4.78, 5) is 38.4. The van der Waals surface area contributed by atoms with Crippen LogP contribution in [-0.4, -0.2) is 48.0 Å². The van der Waals surface area contributed by atoms with E-state index in [0.29, 0.717) is 37.2 Å². The number of ether oxygens (including phenoxy) is 1. The van der Waals surface area contributed by atoms with Crippen LogP contribution in [0, 0.1) is 5.92 Å². The molecule has 0 spiro atoms. The van der Waals surface area contributed by atoms with Crippen LogP contribution >= 0.6 is 0 Å². The Morgan fingerprint density at radius 2 is 2.11 bits per heavy atom. The zero-order valence-electron chi connectivity index (χ0n) is 16.9. The lowest BCUT2D eigenvalue weighted by molar-refractivity contribution is -0.139. The minimum Gasteiger partial charge on any atom is -0.497 e. The third-order valence-electron chi connectivity index (χ3n) is 5.22. The number of nitrogens with zero attached hydrogens (tertiary/aromatic N) is 1. The van der Waals surface area contributed by atoms with Crippen molar-refractivity contribution in [2.75, 3.05) is 20.2 Å². The van der Waals surface area contributed by atoms with Crippen LogP contribution < -0.4 is 10.1 Å². The first-order valence-corrected chi connectivity index (χ1v) is 9.75. The Kier molecular flexibility index (Phi) is 7.43. The highest BCUT2D eigenvalue weighted by atomic mass is 16.5. The number of likely N-dealkylation sites (tertiary alicyclic amines) is 1. The van der Waals surface area contributed by atoms with Crippen LogP contribution in [-0.2, 0) is 19.9 Å². The predicted octanol–water partition coefficient (Wildman–Crippen LogP) is 2.54. The number of aliphatic carboxylic acids is 1. The van der Waals surface area contributed by atoms with E-state index in [2.05, 4.69) is 5.32 Å². The van der Waals surface area contributed by atoms with Crippen LogP contribution in [0.3, 0.4) is 0 Å². The Labute approximate surface area is 166 Å². The lowest BCUT2D eigenvalue weighted by atomic mass is 9.86. The lowest BCUT2D eigenvalue weighted by Gasteiger charge is -2.36. The van der Waals surface area contributed by atoms with Gasteiger partial charge in [-0.25, -0.2) is 0 Å². The average Bonchev–Trinajstić information content (AvgIpc) is 2.67. The van der Waals surface area contributed by atoms with Crippen molar-refractivity contribution in [3.05, 3.63) is 29.8 Å². The topological polar surface area (TPSA) is 95.9 Å². The van der Waals surface area contributed by atoms with Crippen molar-refractivity contribution < 1.29 is 24.2 Å². The van der Waals surface area contributed by atoms with E-state index < -0.39 is 11.5 Å². The molecule has 1 aromatic carbocycles. The van der Waals surface area contributed by atoms with E-state index in [0.717, 1.165) is 12.8 Å². The van der Waals surface area contributed by atoms with E-state index >= 15 is 0 Å². The van der Waals surface area contributed by atoms with Crippen LogP contribution in [0.2, 0.25) is 0 Å². The Balaban J connectivity index is 2.18. The van der Waals surface area contributed by atoms with Crippen molar-refractivity contribution in [1.82, 2.24) is 10.2 Å². The van der Waals surface area contributed by atoms with Gasteiger partial charge in [-0.3, -0.25) is 14.4 Å². The molecule has 1 saturated heterocycles. The van der Waals surface area contributed by atoms with Gasteiger partial charge in [-0.05, 0) is 43.9 Å². The van der Waals surface area contributed by atoms with Gasteiger partial charge in [-0.15, -0.1) is 0 Å². The number of carboxylic acid groups (broad SMARTS) is 1. The number of amides is 2. The van der Waals surface area contributed by atoms with Gasteiger partial charge in [-0.1, -0.05) is 19.1 Å². The molecular weight excluding hydrogens is 360 g/mol. The van der Waals surface area contributed by atoms with Crippen molar-refractivity contribution >= 4 is 17.8 Å². The van der Waals surface area contributed by atoms with Gasteiger partial charge in [0.15, 0.2) is 0 Å². The fourth-order valence-electron chi connectivity index (χ4n) is 3.65. The maximum Gasteiger partial charge on any atom is 0.306 e. The Hall–Kier alpha value is -2.57. The summed E-state index contributed by atoms with van der Waals surface area (Å²) < 4.78 is 5.24. The number of methoxy groups -OCH3 is 1. The summed E-state index contributed by atoms with van der Waals surface area (Å²) >= 11 is 0. The largest absolute Gasteiger partial charge is 0.497 e. The molecule has 1 aliphatic heterocycles. The molecule has 2 amide bonds. The number of carbonyl (C=O) groups is 3. The van der Waals surface area contributed by atoms with Crippen LogP contribution in [0.1, 0.15) is 51.5 Å². The number of benzene rings is 1. The Bertz CT molecular complexity index is 721. The molecule has 2 unspecified atom stereocenters. The van der Waals surface area contributed by atoms with Gasteiger partial charge in [0.2, 0.25) is 11.8 Å². The molecule has 0 aliphatic carbocycles. The predicted molar refractivity (Wildman–Crippen MR) is 105 cm³/mol. The van der Waals surface area contributed by atoms with Crippen molar-refractivity contribution in [3.63, 3.8) is 0 Å². The fourth-order valence-corrected chi connectivity index (χ4v) is 3.65.